The fourth-order valence-electron chi connectivity index (χ4n) is 2.46. The Balaban J connectivity index is 2.04. The van der Waals surface area contributed by atoms with E-state index in [0.29, 0.717) is 6.61 Å². The second kappa shape index (κ2) is 7.34. The van der Waals surface area contributed by atoms with Crippen molar-refractivity contribution in [2.75, 3.05) is 11.9 Å². The second-order valence-corrected chi connectivity index (χ2v) is 5.15. The highest BCUT2D eigenvalue weighted by molar-refractivity contribution is 5.50. The lowest BCUT2D eigenvalue weighted by molar-refractivity contribution is 0.144. The van der Waals surface area contributed by atoms with E-state index >= 15 is 0 Å². The number of ether oxygens (including phenoxy) is 1. The van der Waals surface area contributed by atoms with E-state index in [1.165, 1.54) is 6.42 Å². The SMILES string of the molecule is CCCOc1cccnc1NC1CCCCCC1O. The third-order valence-corrected chi connectivity index (χ3v) is 3.53. The van der Waals surface area contributed by atoms with Gasteiger partial charge >= 0.3 is 0 Å². The van der Waals surface area contributed by atoms with Crippen molar-refractivity contribution in [3.8, 4) is 5.75 Å². The summed E-state index contributed by atoms with van der Waals surface area (Å²) in [5, 5.41) is 13.5. The molecule has 1 aromatic rings. The van der Waals surface area contributed by atoms with E-state index in [1.807, 2.05) is 12.1 Å². The number of hydrogen-bond acceptors (Lipinski definition) is 4. The van der Waals surface area contributed by atoms with Crippen molar-refractivity contribution in [2.45, 2.75) is 57.6 Å². The number of aromatic nitrogens is 1. The van der Waals surface area contributed by atoms with Crippen LogP contribution in [0.25, 0.3) is 0 Å². The van der Waals surface area contributed by atoms with Crippen LogP contribution in [0.2, 0.25) is 0 Å². The van der Waals surface area contributed by atoms with Gasteiger partial charge in [-0.1, -0.05) is 26.2 Å². The van der Waals surface area contributed by atoms with Gasteiger partial charge in [0.25, 0.3) is 0 Å². The lowest BCUT2D eigenvalue weighted by Gasteiger charge is -2.23. The zero-order valence-corrected chi connectivity index (χ0v) is 11.6. The summed E-state index contributed by atoms with van der Waals surface area (Å²) in [7, 11) is 0. The molecule has 0 amide bonds. The van der Waals surface area contributed by atoms with Gasteiger partial charge in [0.15, 0.2) is 11.6 Å². The molecule has 0 radical (unpaired) electrons. The molecule has 1 saturated carbocycles. The van der Waals surface area contributed by atoms with Gasteiger partial charge in [0.2, 0.25) is 0 Å². The van der Waals surface area contributed by atoms with Gasteiger partial charge in [0.05, 0.1) is 18.8 Å². The minimum atomic E-state index is -0.288. The van der Waals surface area contributed by atoms with Gasteiger partial charge < -0.3 is 15.2 Å². The molecule has 1 heterocycles. The first-order valence-electron chi connectivity index (χ1n) is 7.33. The Hall–Kier alpha value is -1.29. The Morgan fingerprint density at radius 2 is 2.21 bits per heavy atom. The fourth-order valence-corrected chi connectivity index (χ4v) is 2.46. The van der Waals surface area contributed by atoms with E-state index in [9.17, 15) is 5.11 Å². The molecule has 2 atom stereocenters. The molecule has 2 N–H and O–H groups in total. The van der Waals surface area contributed by atoms with Crippen LogP contribution in [0.3, 0.4) is 0 Å². The molecule has 1 aromatic heterocycles. The van der Waals surface area contributed by atoms with Crippen LogP contribution >= 0.6 is 0 Å². The monoisotopic (exact) mass is 264 g/mol. The van der Waals surface area contributed by atoms with Crippen molar-refractivity contribution >= 4 is 5.82 Å². The summed E-state index contributed by atoms with van der Waals surface area (Å²) in [5.41, 5.74) is 0. The molecule has 106 valence electrons. The summed E-state index contributed by atoms with van der Waals surface area (Å²) in [4.78, 5) is 4.34. The minimum Gasteiger partial charge on any atom is -0.490 e. The fraction of sp³-hybridized carbons (Fsp3) is 0.667. The van der Waals surface area contributed by atoms with Crippen molar-refractivity contribution in [2.24, 2.45) is 0 Å². The van der Waals surface area contributed by atoms with E-state index in [0.717, 1.165) is 43.7 Å². The molecule has 2 rings (SSSR count). The average molecular weight is 264 g/mol. The van der Waals surface area contributed by atoms with Crippen LogP contribution in [-0.2, 0) is 0 Å². The number of aliphatic hydroxyl groups excluding tert-OH is 1. The molecular weight excluding hydrogens is 240 g/mol. The highest BCUT2D eigenvalue weighted by Crippen LogP contribution is 2.26. The first kappa shape index (κ1) is 14.1. The summed E-state index contributed by atoms with van der Waals surface area (Å²) in [6, 6.07) is 3.88. The first-order chi connectivity index (χ1) is 9.31. The third kappa shape index (κ3) is 4.10. The Morgan fingerprint density at radius 3 is 3.05 bits per heavy atom. The Morgan fingerprint density at radius 1 is 1.37 bits per heavy atom. The smallest absolute Gasteiger partial charge is 0.169 e. The molecule has 4 heteroatoms. The van der Waals surface area contributed by atoms with E-state index in [2.05, 4.69) is 17.2 Å². The normalized spacial score (nSPS) is 23.7. The van der Waals surface area contributed by atoms with Crippen LogP contribution in [-0.4, -0.2) is 28.8 Å². The van der Waals surface area contributed by atoms with Gasteiger partial charge in [-0.25, -0.2) is 4.98 Å². The van der Waals surface area contributed by atoms with Crippen LogP contribution < -0.4 is 10.1 Å². The van der Waals surface area contributed by atoms with Crippen LogP contribution in [0.15, 0.2) is 18.3 Å². The van der Waals surface area contributed by atoms with Crippen molar-refractivity contribution in [1.82, 2.24) is 4.98 Å². The topological polar surface area (TPSA) is 54.4 Å². The largest absolute Gasteiger partial charge is 0.490 e. The van der Waals surface area contributed by atoms with Gasteiger partial charge in [-0.2, -0.15) is 0 Å². The summed E-state index contributed by atoms with van der Waals surface area (Å²) >= 11 is 0. The average Bonchev–Trinajstić information content (AvgIpc) is 2.63. The number of pyridine rings is 1. The molecule has 19 heavy (non-hydrogen) atoms. The molecule has 4 nitrogen and oxygen atoms in total. The number of anilines is 1. The standard InChI is InChI=1S/C15H24N2O2/c1-2-11-19-14-9-6-10-16-15(14)17-12-7-4-3-5-8-13(12)18/h6,9-10,12-13,18H,2-5,7-8,11H2,1H3,(H,16,17). The molecule has 0 aromatic carbocycles. The molecule has 0 saturated heterocycles. The van der Waals surface area contributed by atoms with Gasteiger partial charge in [0.1, 0.15) is 0 Å². The zero-order valence-electron chi connectivity index (χ0n) is 11.6. The Kier molecular flexibility index (Phi) is 5.45. The predicted octanol–water partition coefficient (Wildman–Crippen LogP) is 2.98. The lowest BCUT2D eigenvalue weighted by Crippen LogP contribution is -2.33. The van der Waals surface area contributed by atoms with Crippen LogP contribution in [0.1, 0.15) is 45.4 Å². The quantitative estimate of drug-likeness (QED) is 0.803. The van der Waals surface area contributed by atoms with Gasteiger partial charge in [0, 0.05) is 6.20 Å². The van der Waals surface area contributed by atoms with Crippen molar-refractivity contribution in [1.29, 1.82) is 0 Å². The maximum atomic E-state index is 10.1. The second-order valence-electron chi connectivity index (χ2n) is 5.15. The third-order valence-electron chi connectivity index (χ3n) is 3.53. The molecule has 1 aliphatic rings. The summed E-state index contributed by atoms with van der Waals surface area (Å²) in [6.45, 7) is 2.77. The highest BCUT2D eigenvalue weighted by atomic mass is 16.5. The van der Waals surface area contributed by atoms with Gasteiger partial charge in [-0.3, -0.25) is 0 Å². The summed E-state index contributed by atoms with van der Waals surface area (Å²) in [6.07, 6.45) is 7.78. The lowest BCUT2D eigenvalue weighted by atomic mass is 10.1. The van der Waals surface area contributed by atoms with Gasteiger partial charge in [-0.05, 0) is 31.4 Å². The van der Waals surface area contributed by atoms with Crippen molar-refractivity contribution < 1.29 is 9.84 Å². The summed E-state index contributed by atoms with van der Waals surface area (Å²) in [5.74, 6) is 1.53. The molecule has 0 aliphatic heterocycles. The Labute approximate surface area is 115 Å². The number of aliphatic hydroxyl groups is 1. The molecule has 2 unspecified atom stereocenters. The van der Waals surface area contributed by atoms with Crippen LogP contribution in [0, 0.1) is 0 Å². The molecule has 0 spiro atoms. The predicted molar refractivity (Wildman–Crippen MR) is 76.5 cm³/mol. The molecule has 1 fully saturated rings. The van der Waals surface area contributed by atoms with E-state index in [1.54, 1.807) is 6.20 Å². The van der Waals surface area contributed by atoms with Crippen molar-refractivity contribution in [3.05, 3.63) is 18.3 Å². The van der Waals surface area contributed by atoms with Crippen molar-refractivity contribution in [3.63, 3.8) is 0 Å². The van der Waals surface area contributed by atoms with E-state index in [4.69, 9.17) is 4.74 Å². The maximum Gasteiger partial charge on any atom is 0.169 e. The maximum absolute atomic E-state index is 10.1. The number of nitrogens with one attached hydrogen (secondary N) is 1. The van der Waals surface area contributed by atoms with Crippen LogP contribution in [0.5, 0.6) is 5.75 Å². The van der Waals surface area contributed by atoms with E-state index < -0.39 is 0 Å². The number of nitrogens with zero attached hydrogens (tertiary/aromatic N) is 1. The minimum absolute atomic E-state index is 0.0846. The first-order valence-corrected chi connectivity index (χ1v) is 7.33. The molecular formula is C15H24N2O2. The zero-order chi connectivity index (χ0) is 13.5. The van der Waals surface area contributed by atoms with Crippen LogP contribution in [0.4, 0.5) is 5.82 Å². The Bertz CT molecular complexity index is 384. The van der Waals surface area contributed by atoms with E-state index in [-0.39, 0.29) is 12.1 Å². The highest BCUT2D eigenvalue weighted by Gasteiger charge is 2.22. The molecule has 0 bridgehead atoms. The number of rotatable bonds is 5. The number of hydrogen-bond donors (Lipinski definition) is 2. The summed E-state index contributed by atoms with van der Waals surface area (Å²) < 4.78 is 5.69. The molecule has 1 aliphatic carbocycles. The van der Waals surface area contributed by atoms with Gasteiger partial charge in [-0.15, -0.1) is 0 Å².